The van der Waals surface area contributed by atoms with Gasteiger partial charge in [0.25, 0.3) is 0 Å². The molecule has 1 heterocycles. The van der Waals surface area contributed by atoms with Crippen molar-refractivity contribution in [2.75, 3.05) is 13.1 Å². The van der Waals surface area contributed by atoms with Crippen molar-refractivity contribution in [2.45, 2.75) is 171 Å². The third-order valence-corrected chi connectivity index (χ3v) is 18.6. The number of hydrogen-bond acceptors (Lipinski definition) is 7. The molecule has 0 radical (unpaired) electrons. The molecule has 0 bridgehead atoms. The number of Topliss-reactive ketones (excluding diaryl/α,β-unsaturated/α-hetero) is 1. The van der Waals surface area contributed by atoms with E-state index in [1.165, 1.54) is 0 Å². The summed E-state index contributed by atoms with van der Waals surface area (Å²) in [7, 11) is 0. The molecule has 318 valence electrons. The lowest BCUT2D eigenvalue weighted by molar-refractivity contribution is -0.236. The molecule has 5 saturated carbocycles. The Kier molecular flexibility index (Phi) is 10.3. The molecule has 2 amide bonds. The van der Waals surface area contributed by atoms with E-state index in [9.17, 15) is 29.1 Å². The number of rotatable bonds is 8. The quantitative estimate of drug-likeness (QED) is 0.186. The normalized spacial score (nSPS) is 41.2. The minimum absolute atomic E-state index is 0.00107. The second kappa shape index (κ2) is 13.9. The standard InChI is InChI=1S/C47H73N3O7/c1-26(2)35-31(51)25-47(40(56)50-43(7,8)39(55)49-27-16-22-48-23-17-27)21-20-45(10)28(36(35)47)12-13-33-44(9)18-15-34(42(5,6)32(44)14-19-46(33,45)11)57-38(54)30-24-29(37(52)53)41(30,3)4/h26-30,32-34,48H,12-25H2,1-11H3,(H,49,55)(H,50,56)(H,52,53)/t28-,29+,30-,32+,33-,34+,44+,45-,46-,47-/m1/s1. The molecular weight excluding hydrogens is 719 g/mol. The Labute approximate surface area is 341 Å². The first kappa shape index (κ1) is 42.4. The van der Waals surface area contributed by atoms with Gasteiger partial charge in [-0.15, -0.1) is 0 Å². The summed E-state index contributed by atoms with van der Waals surface area (Å²) in [5.41, 5.74) is -1.14. The number of carboxylic acids is 1. The molecule has 1 saturated heterocycles. The first-order chi connectivity index (χ1) is 26.4. The van der Waals surface area contributed by atoms with E-state index in [0.29, 0.717) is 24.7 Å². The number of hydrogen-bond donors (Lipinski definition) is 4. The number of esters is 1. The topological polar surface area (TPSA) is 151 Å². The predicted octanol–water partition coefficient (Wildman–Crippen LogP) is 7.39. The summed E-state index contributed by atoms with van der Waals surface area (Å²) < 4.78 is 6.41. The lowest BCUT2D eigenvalue weighted by Crippen LogP contribution is -2.67. The maximum absolute atomic E-state index is 14.9. The van der Waals surface area contributed by atoms with Crippen molar-refractivity contribution < 1.29 is 33.8 Å². The Bertz CT molecular complexity index is 1740. The van der Waals surface area contributed by atoms with Gasteiger partial charge >= 0.3 is 11.9 Å². The molecule has 6 fully saturated rings. The number of ketones is 1. The zero-order valence-electron chi connectivity index (χ0n) is 36.9. The van der Waals surface area contributed by atoms with Crippen LogP contribution in [0.3, 0.4) is 0 Å². The zero-order chi connectivity index (χ0) is 41.9. The summed E-state index contributed by atoms with van der Waals surface area (Å²) in [6.07, 6.45) is 9.21. The molecule has 6 aliphatic carbocycles. The molecule has 0 aromatic carbocycles. The van der Waals surface area contributed by atoms with Crippen LogP contribution in [0.2, 0.25) is 0 Å². The molecule has 7 aliphatic rings. The Morgan fingerprint density at radius 1 is 0.807 bits per heavy atom. The molecule has 7 rings (SSSR count). The first-order valence-electron chi connectivity index (χ1n) is 22.4. The Hall–Kier alpha value is -2.75. The monoisotopic (exact) mass is 792 g/mol. The number of allylic oxidation sites excluding steroid dienone is 1. The van der Waals surface area contributed by atoms with Gasteiger partial charge in [-0.3, -0.25) is 24.0 Å². The molecule has 0 unspecified atom stereocenters. The number of carbonyl (C=O) groups is 5. The average molecular weight is 792 g/mol. The van der Waals surface area contributed by atoms with Gasteiger partial charge < -0.3 is 25.8 Å². The molecule has 0 aromatic rings. The largest absolute Gasteiger partial charge is 0.481 e. The van der Waals surface area contributed by atoms with Crippen LogP contribution in [0.15, 0.2) is 11.1 Å². The summed E-state index contributed by atoms with van der Waals surface area (Å²) in [5.74, 6) is -1.39. The Morgan fingerprint density at radius 3 is 2.09 bits per heavy atom. The van der Waals surface area contributed by atoms with Gasteiger partial charge in [-0.1, -0.05) is 62.3 Å². The van der Waals surface area contributed by atoms with Crippen molar-refractivity contribution in [1.82, 2.24) is 16.0 Å². The van der Waals surface area contributed by atoms with Crippen molar-refractivity contribution in [3.63, 3.8) is 0 Å². The number of piperidine rings is 1. The Morgan fingerprint density at radius 2 is 1.47 bits per heavy atom. The number of ether oxygens (including phenoxy) is 1. The van der Waals surface area contributed by atoms with Crippen LogP contribution >= 0.6 is 0 Å². The van der Waals surface area contributed by atoms with Crippen molar-refractivity contribution >= 4 is 29.5 Å². The van der Waals surface area contributed by atoms with Crippen LogP contribution in [0.1, 0.15) is 153 Å². The molecule has 10 nitrogen and oxygen atoms in total. The molecule has 4 N–H and O–H groups in total. The van der Waals surface area contributed by atoms with Crippen LogP contribution < -0.4 is 16.0 Å². The molecular formula is C47H73N3O7. The molecule has 10 atom stereocenters. The van der Waals surface area contributed by atoms with Gasteiger partial charge in [-0.05, 0) is 154 Å². The van der Waals surface area contributed by atoms with Gasteiger partial charge in [0.05, 0.1) is 17.3 Å². The molecule has 1 aliphatic heterocycles. The van der Waals surface area contributed by atoms with Crippen LogP contribution in [-0.2, 0) is 28.7 Å². The van der Waals surface area contributed by atoms with Gasteiger partial charge in [0.2, 0.25) is 11.8 Å². The van der Waals surface area contributed by atoms with E-state index < -0.39 is 34.2 Å². The van der Waals surface area contributed by atoms with Gasteiger partial charge in [-0.2, -0.15) is 0 Å². The SMILES string of the molecule is CC(C)C1=C2[C@H]3CC[C@@H]4[C@@]5(C)CC[C@H](OC(=O)[C@H]6C[C@@H](C(=O)O)C6(C)C)C(C)(C)[C@@H]5CC[C@@]4(C)[C@]3(C)CC[C@@]2(C(=O)NC(C)(C)C(=O)NC2CCNCC2)CC1=O. The van der Waals surface area contributed by atoms with Crippen molar-refractivity contribution in [3.05, 3.63) is 11.1 Å². The van der Waals surface area contributed by atoms with E-state index >= 15 is 0 Å². The number of carboxylic acid groups (broad SMARTS) is 1. The molecule has 0 spiro atoms. The maximum Gasteiger partial charge on any atom is 0.309 e. The lowest BCUT2D eigenvalue weighted by atomic mass is 9.33. The van der Waals surface area contributed by atoms with Crippen LogP contribution in [0.25, 0.3) is 0 Å². The fourth-order valence-corrected chi connectivity index (χ4v) is 14.8. The highest BCUT2D eigenvalue weighted by atomic mass is 16.5. The number of nitrogens with one attached hydrogen (secondary N) is 3. The highest BCUT2D eigenvalue weighted by molar-refractivity contribution is 6.07. The first-order valence-corrected chi connectivity index (χ1v) is 22.4. The van der Waals surface area contributed by atoms with Gasteiger partial charge in [0.15, 0.2) is 5.78 Å². The predicted molar refractivity (Wildman–Crippen MR) is 219 cm³/mol. The molecule has 0 aromatic heterocycles. The summed E-state index contributed by atoms with van der Waals surface area (Å²) in [6.45, 7) is 25.3. The van der Waals surface area contributed by atoms with Crippen LogP contribution in [0.5, 0.6) is 0 Å². The molecule has 57 heavy (non-hydrogen) atoms. The van der Waals surface area contributed by atoms with Crippen LogP contribution in [0, 0.1) is 68.0 Å². The maximum atomic E-state index is 14.9. The van der Waals surface area contributed by atoms with E-state index in [4.69, 9.17) is 4.74 Å². The fraction of sp³-hybridized carbons (Fsp3) is 0.851. The highest BCUT2D eigenvalue weighted by Gasteiger charge is 2.71. The minimum atomic E-state index is -1.13. The van der Waals surface area contributed by atoms with Gasteiger partial charge in [0.1, 0.15) is 11.6 Å². The average Bonchev–Trinajstić information content (AvgIpc) is 3.42. The van der Waals surface area contributed by atoms with Crippen LogP contribution in [0.4, 0.5) is 0 Å². The number of fused-ring (bicyclic) bond motifs is 7. The van der Waals surface area contributed by atoms with E-state index in [1.807, 2.05) is 13.8 Å². The summed E-state index contributed by atoms with van der Waals surface area (Å²) in [4.78, 5) is 68.1. The number of carbonyl (C=O) groups excluding carboxylic acids is 4. The zero-order valence-corrected chi connectivity index (χ0v) is 36.9. The van der Waals surface area contributed by atoms with Crippen molar-refractivity contribution in [2.24, 2.45) is 68.0 Å². The number of amides is 2. The van der Waals surface area contributed by atoms with E-state index in [1.54, 1.807) is 13.8 Å². The lowest BCUT2D eigenvalue weighted by Gasteiger charge is -2.72. The molecule has 10 heteroatoms. The summed E-state index contributed by atoms with van der Waals surface area (Å²) in [5, 5.41) is 19.4. The fourth-order valence-electron chi connectivity index (χ4n) is 14.8. The second-order valence-corrected chi connectivity index (χ2v) is 22.6. The van der Waals surface area contributed by atoms with E-state index in [2.05, 4.69) is 64.4 Å². The third-order valence-electron chi connectivity index (χ3n) is 18.6. The van der Waals surface area contributed by atoms with Gasteiger partial charge in [0, 0.05) is 17.9 Å². The van der Waals surface area contributed by atoms with Crippen molar-refractivity contribution in [3.8, 4) is 0 Å². The minimum Gasteiger partial charge on any atom is -0.481 e. The van der Waals surface area contributed by atoms with E-state index in [0.717, 1.165) is 82.0 Å². The van der Waals surface area contributed by atoms with Crippen molar-refractivity contribution in [1.29, 1.82) is 0 Å². The summed E-state index contributed by atoms with van der Waals surface area (Å²) >= 11 is 0. The third kappa shape index (κ3) is 6.20. The number of aliphatic carboxylic acids is 1. The Balaban J connectivity index is 1.13. The van der Waals surface area contributed by atoms with E-state index in [-0.39, 0.29) is 75.6 Å². The van der Waals surface area contributed by atoms with Crippen LogP contribution in [-0.4, -0.2) is 65.4 Å². The van der Waals surface area contributed by atoms with Gasteiger partial charge in [-0.25, -0.2) is 0 Å². The highest BCUT2D eigenvalue weighted by Crippen LogP contribution is 2.77. The second-order valence-electron chi connectivity index (χ2n) is 22.6. The summed E-state index contributed by atoms with van der Waals surface area (Å²) in [6, 6.07) is 0.0800. The smallest absolute Gasteiger partial charge is 0.309 e.